The van der Waals surface area contributed by atoms with Crippen LogP contribution >= 0.6 is 0 Å². The highest BCUT2D eigenvalue weighted by atomic mass is 16.5. The molecule has 0 radical (unpaired) electrons. The van der Waals surface area contributed by atoms with Crippen LogP contribution in [0.4, 0.5) is 0 Å². The van der Waals surface area contributed by atoms with Crippen LogP contribution in [-0.4, -0.2) is 18.2 Å². The summed E-state index contributed by atoms with van der Waals surface area (Å²) >= 11 is 0. The molecule has 24 heavy (non-hydrogen) atoms. The predicted octanol–water partition coefficient (Wildman–Crippen LogP) is 4.58. The van der Waals surface area contributed by atoms with Crippen LogP contribution < -0.4 is 9.47 Å². The third-order valence-electron chi connectivity index (χ3n) is 3.21. The molecule has 2 rings (SSSR count). The number of allylic oxidation sites excluding steroid dienone is 1. The minimum atomic E-state index is 0.438. The molecule has 0 fully saturated rings. The molecule has 0 atom stereocenters. The highest BCUT2D eigenvalue weighted by Gasteiger charge is 2.08. The third-order valence-corrected chi connectivity index (χ3v) is 3.21. The van der Waals surface area contributed by atoms with Crippen LogP contribution in [0.25, 0.3) is 11.6 Å². The van der Waals surface area contributed by atoms with Gasteiger partial charge in [0.25, 0.3) is 0 Å². The van der Waals surface area contributed by atoms with Crippen LogP contribution in [0.1, 0.15) is 32.0 Å². The molecule has 0 saturated heterocycles. The molecule has 1 aromatic heterocycles. The second-order valence-electron chi connectivity index (χ2n) is 5.73. The molecule has 124 valence electrons. The number of benzene rings is 1. The van der Waals surface area contributed by atoms with Gasteiger partial charge in [-0.05, 0) is 48.7 Å². The first-order valence-electron chi connectivity index (χ1n) is 8.07. The standard InChI is InChI=1S/C20H22N2O2/c1-4-23-20-12-16(8-9-19(20)24-14-15(2)3)11-17(13-21)18-7-5-6-10-22-18/h5-12,15H,4,14H2,1-3H3. The van der Waals surface area contributed by atoms with E-state index in [-0.39, 0.29) is 0 Å². The summed E-state index contributed by atoms with van der Waals surface area (Å²) in [6, 6.07) is 13.4. The average Bonchev–Trinajstić information content (AvgIpc) is 2.60. The zero-order valence-corrected chi connectivity index (χ0v) is 14.3. The largest absolute Gasteiger partial charge is 0.490 e. The Bertz CT molecular complexity index is 731. The molecule has 1 heterocycles. The molecule has 0 bridgehead atoms. The van der Waals surface area contributed by atoms with Crippen molar-refractivity contribution >= 4 is 11.6 Å². The van der Waals surface area contributed by atoms with Crippen molar-refractivity contribution in [3.05, 3.63) is 53.9 Å². The summed E-state index contributed by atoms with van der Waals surface area (Å²) in [4.78, 5) is 4.22. The molecule has 4 nitrogen and oxygen atoms in total. The average molecular weight is 322 g/mol. The number of nitrogens with zero attached hydrogens (tertiary/aromatic N) is 2. The smallest absolute Gasteiger partial charge is 0.161 e. The van der Waals surface area contributed by atoms with E-state index in [9.17, 15) is 5.26 Å². The number of hydrogen-bond donors (Lipinski definition) is 0. The molecule has 0 aliphatic heterocycles. The van der Waals surface area contributed by atoms with Gasteiger partial charge in [0.1, 0.15) is 6.07 Å². The van der Waals surface area contributed by atoms with Crippen LogP contribution in [-0.2, 0) is 0 Å². The van der Waals surface area contributed by atoms with Crippen LogP contribution in [0.3, 0.4) is 0 Å². The van der Waals surface area contributed by atoms with Crippen molar-refractivity contribution in [2.45, 2.75) is 20.8 Å². The van der Waals surface area contributed by atoms with Crippen LogP contribution in [0.2, 0.25) is 0 Å². The van der Waals surface area contributed by atoms with Gasteiger partial charge in [0.05, 0.1) is 24.5 Å². The summed E-state index contributed by atoms with van der Waals surface area (Å²) in [5.74, 6) is 1.85. The lowest BCUT2D eigenvalue weighted by atomic mass is 10.1. The van der Waals surface area contributed by atoms with Crippen molar-refractivity contribution in [2.24, 2.45) is 5.92 Å². The molecule has 0 aliphatic rings. The number of aromatic nitrogens is 1. The van der Waals surface area contributed by atoms with E-state index in [1.165, 1.54) is 0 Å². The monoisotopic (exact) mass is 322 g/mol. The first kappa shape index (κ1) is 17.6. The van der Waals surface area contributed by atoms with Crippen LogP contribution in [0.5, 0.6) is 11.5 Å². The summed E-state index contributed by atoms with van der Waals surface area (Å²) in [5.41, 5.74) is 2.03. The molecule has 0 unspecified atom stereocenters. The molecule has 0 aliphatic carbocycles. The second kappa shape index (κ2) is 8.73. The third kappa shape index (κ3) is 4.85. The summed E-state index contributed by atoms with van der Waals surface area (Å²) in [6.07, 6.45) is 3.48. The van der Waals surface area contributed by atoms with E-state index in [1.807, 2.05) is 43.3 Å². The van der Waals surface area contributed by atoms with Gasteiger partial charge in [-0.2, -0.15) is 5.26 Å². The Labute approximate surface area is 143 Å². The molecule has 0 saturated carbocycles. The molecule has 0 amide bonds. The molecule has 0 N–H and O–H groups in total. The minimum Gasteiger partial charge on any atom is -0.490 e. The van der Waals surface area contributed by atoms with Gasteiger partial charge in [0.2, 0.25) is 0 Å². The lowest BCUT2D eigenvalue weighted by Crippen LogP contribution is -2.06. The fraction of sp³-hybridized carbons (Fsp3) is 0.300. The van der Waals surface area contributed by atoms with Crippen molar-refractivity contribution in [2.75, 3.05) is 13.2 Å². The Hall–Kier alpha value is -2.80. The van der Waals surface area contributed by atoms with Crippen molar-refractivity contribution in [1.82, 2.24) is 4.98 Å². The summed E-state index contributed by atoms with van der Waals surface area (Å²) in [5, 5.41) is 9.40. The van der Waals surface area contributed by atoms with Gasteiger partial charge in [0, 0.05) is 6.20 Å². The zero-order valence-electron chi connectivity index (χ0n) is 14.3. The Morgan fingerprint density at radius 2 is 2.04 bits per heavy atom. The van der Waals surface area contributed by atoms with Gasteiger partial charge in [-0.1, -0.05) is 26.0 Å². The maximum atomic E-state index is 9.40. The van der Waals surface area contributed by atoms with E-state index in [1.54, 1.807) is 12.3 Å². The first-order valence-corrected chi connectivity index (χ1v) is 8.07. The Kier molecular flexibility index (Phi) is 6.39. The number of ether oxygens (including phenoxy) is 2. The Balaban J connectivity index is 2.32. The van der Waals surface area contributed by atoms with Crippen molar-refractivity contribution in [1.29, 1.82) is 5.26 Å². The summed E-state index contributed by atoms with van der Waals surface area (Å²) in [7, 11) is 0. The minimum absolute atomic E-state index is 0.438. The topological polar surface area (TPSA) is 55.1 Å². The summed E-state index contributed by atoms with van der Waals surface area (Å²) < 4.78 is 11.5. The highest BCUT2D eigenvalue weighted by Crippen LogP contribution is 2.30. The van der Waals surface area contributed by atoms with E-state index in [2.05, 4.69) is 24.9 Å². The molecule has 1 aromatic carbocycles. The molecule has 2 aromatic rings. The number of nitriles is 1. The fourth-order valence-corrected chi connectivity index (χ4v) is 2.11. The predicted molar refractivity (Wildman–Crippen MR) is 95.7 cm³/mol. The number of rotatable bonds is 7. The molecule has 4 heteroatoms. The quantitative estimate of drug-likeness (QED) is 0.700. The SMILES string of the molecule is CCOc1cc(C=C(C#N)c2ccccn2)ccc1OCC(C)C. The zero-order chi connectivity index (χ0) is 17.4. The van der Waals surface area contributed by atoms with Crippen LogP contribution in [0.15, 0.2) is 42.6 Å². The van der Waals surface area contributed by atoms with Gasteiger partial charge >= 0.3 is 0 Å². The van der Waals surface area contributed by atoms with Crippen molar-refractivity contribution < 1.29 is 9.47 Å². The fourth-order valence-electron chi connectivity index (χ4n) is 2.11. The maximum Gasteiger partial charge on any atom is 0.161 e. The van der Waals surface area contributed by atoms with Crippen LogP contribution in [0, 0.1) is 17.2 Å². The van der Waals surface area contributed by atoms with Gasteiger partial charge < -0.3 is 9.47 Å². The van der Waals surface area contributed by atoms with E-state index in [4.69, 9.17) is 9.47 Å². The Morgan fingerprint density at radius 1 is 1.21 bits per heavy atom. The number of pyridine rings is 1. The van der Waals surface area contributed by atoms with Gasteiger partial charge in [-0.15, -0.1) is 0 Å². The Morgan fingerprint density at radius 3 is 2.67 bits per heavy atom. The second-order valence-corrected chi connectivity index (χ2v) is 5.73. The van der Waals surface area contributed by atoms with Crippen molar-refractivity contribution in [3.63, 3.8) is 0 Å². The van der Waals surface area contributed by atoms with Gasteiger partial charge in [-0.25, -0.2) is 0 Å². The molecule has 0 spiro atoms. The van der Waals surface area contributed by atoms with E-state index < -0.39 is 0 Å². The lowest BCUT2D eigenvalue weighted by molar-refractivity contribution is 0.248. The molecular formula is C20H22N2O2. The summed E-state index contributed by atoms with van der Waals surface area (Å²) in [6.45, 7) is 7.32. The van der Waals surface area contributed by atoms with E-state index in [0.717, 1.165) is 11.3 Å². The van der Waals surface area contributed by atoms with Gasteiger partial charge in [0.15, 0.2) is 11.5 Å². The normalized spacial score (nSPS) is 11.2. The van der Waals surface area contributed by atoms with E-state index in [0.29, 0.717) is 36.1 Å². The number of hydrogen-bond acceptors (Lipinski definition) is 4. The lowest BCUT2D eigenvalue weighted by Gasteiger charge is -2.14. The van der Waals surface area contributed by atoms with Crippen molar-refractivity contribution in [3.8, 4) is 17.6 Å². The highest BCUT2D eigenvalue weighted by molar-refractivity contribution is 5.88. The first-order chi connectivity index (χ1) is 11.6. The van der Waals surface area contributed by atoms with Gasteiger partial charge in [-0.3, -0.25) is 4.98 Å². The maximum absolute atomic E-state index is 9.40. The molecular weight excluding hydrogens is 300 g/mol. The van der Waals surface area contributed by atoms with E-state index >= 15 is 0 Å².